The van der Waals surface area contributed by atoms with Crippen molar-refractivity contribution in [1.29, 1.82) is 0 Å². The van der Waals surface area contributed by atoms with E-state index in [4.69, 9.17) is 9.47 Å². The van der Waals surface area contributed by atoms with Crippen LogP contribution in [0.1, 0.15) is 35.3 Å². The van der Waals surface area contributed by atoms with Gasteiger partial charge in [-0.05, 0) is 75.2 Å². The number of ether oxygens (including phenoxy) is 2. The van der Waals surface area contributed by atoms with Crippen molar-refractivity contribution < 1.29 is 18.7 Å². The van der Waals surface area contributed by atoms with Crippen molar-refractivity contribution in [3.05, 3.63) is 102 Å². The van der Waals surface area contributed by atoms with Gasteiger partial charge in [0.05, 0.1) is 0 Å². The lowest BCUT2D eigenvalue weighted by Crippen LogP contribution is -2.49. The predicted molar refractivity (Wildman–Crippen MR) is 188 cm³/mol. The van der Waals surface area contributed by atoms with Crippen LogP contribution in [0.25, 0.3) is 11.4 Å². The number of aromatic amines is 1. The zero-order chi connectivity index (χ0) is 34.3. The Balaban J connectivity index is 1.16. The van der Waals surface area contributed by atoms with Crippen LogP contribution >= 0.6 is 0 Å². The number of H-pyrrole nitrogens is 1. The molecular weight excluding hydrogens is 623 g/mol. The molecule has 0 spiro atoms. The van der Waals surface area contributed by atoms with Crippen molar-refractivity contribution in [3.8, 4) is 28.8 Å². The molecule has 3 aromatic carbocycles. The highest BCUT2D eigenvalue weighted by molar-refractivity contribution is 6.06. The topological polar surface area (TPSA) is 121 Å². The van der Waals surface area contributed by atoms with Gasteiger partial charge in [0.15, 0.2) is 11.6 Å². The van der Waals surface area contributed by atoms with Gasteiger partial charge in [-0.15, -0.1) is 0 Å². The first-order valence-electron chi connectivity index (χ1n) is 16.4. The van der Waals surface area contributed by atoms with Crippen molar-refractivity contribution >= 4 is 23.2 Å². The van der Waals surface area contributed by atoms with Crippen LogP contribution in [0.2, 0.25) is 0 Å². The maximum absolute atomic E-state index is 15.1. The van der Waals surface area contributed by atoms with E-state index in [9.17, 15) is 4.79 Å². The third-order valence-electron chi connectivity index (χ3n) is 8.55. The van der Waals surface area contributed by atoms with E-state index in [1.165, 1.54) is 12.3 Å². The highest BCUT2D eigenvalue weighted by Crippen LogP contribution is 2.30. The molecule has 254 valence electrons. The van der Waals surface area contributed by atoms with E-state index < -0.39 is 11.7 Å². The van der Waals surface area contributed by atoms with E-state index in [2.05, 4.69) is 54.2 Å². The summed E-state index contributed by atoms with van der Waals surface area (Å²) >= 11 is 0. The van der Waals surface area contributed by atoms with Crippen LogP contribution in [0, 0.1) is 19.7 Å². The molecule has 49 heavy (non-hydrogen) atoms. The fourth-order valence-corrected chi connectivity index (χ4v) is 5.68. The number of benzene rings is 3. The number of aromatic nitrogens is 4. The molecule has 0 radical (unpaired) electrons. The zero-order valence-electron chi connectivity index (χ0n) is 28.2. The number of anilines is 3. The minimum Gasteiger partial charge on any atom is -0.489 e. The molecule has 2 aromatic heterocycles. The summed E-state index contributed by atoms with van der Waals surface area (Å²) in [6, 6.07) is 18.2. The lowest BCUT2D eigenvalue weighted by molar-refractivity contribution is 0.0965. The Kier molecular flexibility index (Phi) is 10.5. The average Bonchev–Trinajstić information content (AvgIpc) is 3.63. The van der Waals surface area contributed by atoms with Crippen LogP contribution in [0.5, 0.6) is 17.4 Å². The van der Waals surface area contributed by atoms with E-state index in [0.717, 1.165) is 55.2 Å². The lowest BCUT2D eigenvalue weighted by atomic mass is 10.1. The molecule has 11 nitrogen and oxygen atoms in total. The molecule has 0 saturated carbocycles. The maximum Gasteiger partial charge on any atom is 0.262 e. The number of hydrogen-bond acceptors (Lipinski definition) is 9. The van der Waals surface area contributed by atoms with Crippen LogP contribution in [0.3, 0.4) is 0 Å². The summed E-state index contributed by atoms with van der Waals surface area (Å²) in [5.41, 5.74) is 3.95. The number of aryl methyl sites for hydroxylation is 2. The Labute approximate surface area is 285 Å². The van der Waals surface area contributed by atoms with Crippen molar-refractivity contribution in [2.45, 2.75) is 33.7 Å². The van der Waals surface area contributed by atoms with Gasteiger partial charge in [0.2, 0.25) is 11.8 Å². The van der Waals surface area contributed by atoms with E-state index in [1.807, 2.05) is 44.2 Å². The van der Waals surface area contributed by atoms with Crippen LogP contribution in [0.15, 0.2) is 79.3 Å². The quantitative estimate of drug-likeness (QED) is 0.132. The molecule has 1 saturated heterocycles. The molecule has 0 bridgehead atoms. The van der Waals surface area contributed by atoms with Crippen LogP contribution in [-0.2, 0) is 0 Å². The first-order chi connectivity index (χ1) is 23.7. The third kappa shape index (κ3) is 8.40. The number of para-hydroxylation sites is 1. The SMILES string of the molecule is Cc1cccc(C)c1NC(=O)c1cnc(Nc2ccc(OCCN3CCN(C(C)C)CC3)c(F)c2)nc1Oc1ccc(-c2ncc[nH]2)cc1. The fourth-order valence-electron chi connectivity index (χ4n) is 5.68. The number of carbonyl (C=O) groups excluding carboxylic acids is 1. The summed E-state index contributed by atoms with van der Waals surface area (Å²) in [7, 11) is 0. The van der Waals surface area contributed by atoms with Gasteiger partial charge >= 0.3 is 0 Å². The summed E-state index contributed by atoms with van der Waals surface area (Å²) in [5, 5.41) is 6.00. The molecule has 1 aliphatic heterocycles. The minimum atomic E-state index is -0.507. The summed E-state index contributed by atoms with van der Waals surface area (Å²) < 4.78 is 27.0. The standard InChI is InChI=1S/C37H41FN8O3/c1-24(2)46-18-16-45(17-19-46)20-21-48-32-13-10-28(22-31(32)38)42-37-41-23-30(35(47)43-33-25(3)6-5-7-26(33)4)36(44-37)49-29-11-8-27(9-12-29)34-39-14-15-40-34/h5-15,22-24H,16-21H2,1-4H3,(H,39,40)(H,43,47)(H,41,42,44). The van der Waals surface area contributed by atoms with Crippen molar-refractivity contribution in [2.75, 3.05) is 50.0 Å². The second-order valence-electron chi connectivity index (χ2n) is 12.3. The summed E-state index contributed by atoms with van der Waals surface area (Å²) in [6.45, 7) is 13.4. The van der Waals surface area contributed by atoms with Gasteiger partial charge in [0.1, 0.15) is 23.7 Å². The highest BCUT2D eigenvalue weighted by Gasteiger charge is 2.21. The van der Waals surface area contributed by atoms with Gasteiger partial charge < -0.3 is 25.1 Å². The number of imidazole rings is 1. The molecule has 0 unspecified atom stereocenters. The second kappa shape index (κ2) is 15.3. The molecule has 1 amide bonds. The summed E-state index contributed by atoms with van der Waals surface area (Å²) in [4.78, 5) is 34.6. The summed E-state index contributed by atoms with van der Waals surface area (Å²) in [6.07, 6.45) is 4.82. The zero-order valence-corrected chi connectivity index (χ0v) is 28.2. The Bertz CT molecular complexity index is 1850. The largest absolute Gasteiger partial charge is 0.489 e. The average molecular weight is 665 g/mol. The number of rotatable bonds is 12. The van der Waals surface area contributed by atoms with Gasteiger partial charge in [-0.1, -0.05) is 18.2 Å². The number of piperazine rings is 1. The minimum absolute atomic E-state index is 0.0293. The van der Waals surface area contributed by atoms with Gasteiger partial charge in [-0.2, -0.15) is 4.98 Å². The molecule has 0 aliphatic carbocycles. The lowest BCUT2D eigenvalue weighted by Gasteiger charge is -2.36. The molecule has 1 fully saturated rings. The third-order valence-corrected chi connectivity index (χ3v) is 8.55. The Hall–Kier alpha value is -5.33. The maximum atomic E-state index is 15.1. The van der Waals surface area contributed by atoms with Crippen molar-refractivity contribution in [3.63, 3.8) is 0 Å². The highest BCUT2D eigenvalue weighted by atomic mass is 19.1. The number of nitrogens with one attached hydrogen (secondary N) is 3. The monoisotopic (exact) mass is 664 g/mol. The number of carbonyl (C=O) groups is 1. The number of hydrogen-bond donors (Lipinski definition) is 3. The van der Waals surface area contributed by atoms with E-state index >= 15 is 4.39 Å². The second-order valence-corrected chi connectivity index (χ2v) is 12.3. The first-order valence-corrected chi connectivity index (χ1v) is 16.4. The smallest absolute Gasteiger partial charge is 0.262 e. The normalized spacial score (nSPS) is 13.8. The van der Waals surface area contributed by atoms with Crippen LogP contribution in [-0.4, -0.2) is 81.0 Å². The Morgan fingerprint density at radius 3 is 2.43 bits per heavy atom. The molecule has 6 rings (SSSR count). The number of nitrogens with zero attached hydrogens (tertiary/aromatic N) is 5. The predicted octanol–water partition coefficient (Wildman–Crippen LogP) is 6.82. The van der Waals surface area contributed by atoms with Crippen LogP contribution in [0.4, 0.5) is 21.7 Å². The van der Waals surface area contributed by atoms with Crippen molar-refractivity contribution in [1.82, 2.24) is 29.7 Å². The Morgan fingerprint density at radius 2 is 1.76 bits per heavy atom. The van der Waals surface area contributed by atoms with Crippen molar-refractivity contribution in [2.24, 2.45) is 0 Å². The number of amides is 1. The molecule has 1 aliphatic rings. The molecule has 3 N–H and O–H groups in total. The first kappa shape index (κ1) is 33.6. The van der Waals surface area contributed by atoms with E-state index in [0.29, 0.717) is 29.8 Å². The van der Waals surface area contributed by atoms with E-state index in [1.54, 1.807) is 36.7 Å². The molecule has 3 heterocycles. The van der Waals surface area contributed by atoms with Gasteiger partial charge in [0.25, 0.3) is 5.91 Å². The summed E-state index contributed by atoms with van der Waals surface area (Å²) in [5.74, 6) is 0.565. The number of halogens is 1. The fraction of sp³-hybridized carbons (Fsp3) is 0.297. The van der Waals surface area contributed by atoms with Gasteiger partial charge in [0, 0.05) is 80.4 Å². The van der Waals surface area contributed by atoms with E-state index in [-0.39, 0.29) is 23.1 Å². The van der Waals surface area contributed by atoms with Gasteiger partial charge in [-0.25, -0.2) is 14.4 Å². The van der Waals surface area contributed by atoms with Gasteiger partial charge in [-0.3, -0.25) is 14.6 Å². The molecule has 5 aromatic rings. The van der Waals surface area contributed by atoms with Crippen LogP contribution < -0.4 is 20.1 Å². The molecule has 12 heteroatoms. The molecule has 0 atom stereocenters. The Morgan fingerprint density at radius 1 is 1.00 bits per heavy atom. The molecular formula is C37H41FN8O3.